The molecule has 0 aromatic heterocycles. The first-order valence-corrected chi connectivity index (χ1v) is 2.82. The smallest absolute Gasteiger partial charge is 0.231 e. The monoisotopic (exact) mass is 136 g/mol. The van der Waals surface area contributed by atoms with Crippen molar-refractivity contribution in [2.24, 2.45) is 0 Å². The Morgan fingerprint density at radius 3 is 2.50 bits per heavy atom. The van der Waals surface area contributed by atoms with Crippen LogP contribution in [-0.4, -0.2) is 4.92 Å². The van der Waals surface area contributed by atoms with E-state index in [4.69, 9.17) is 0 Å². The average molecular weight is 136 g/mol. The third-order valence-electron chi connectivity index (χ3n) is 1.08. The molecule has 1 aliphatic carbocycles. The zero-order valence-corrected chi connectivity index (χ0v) is 5.23. The van der Waals surface area contributed by atoms with Gasteiger partial charge in [-0.05, 0) is 31.8 Å². The molecular formula is C7H6NO2. The lowest BCUT2D eigenvalue weighted by Crippen LogP contribution is -1.88. The number of nitrogens with zero attached hydrogens (tertiary/aromatic N) is 1. The largest absolute Gasteiger partial charge is 0.259 e. The lowest BCUT2D eigenvalue weighted by Gasteiger charge is -1.93. The lowest BCUT2D eigenvalue weighted by atomic mass is 10.1. The highest BCUT2D eigenvalue weighted by atomic mass is 16.6. The van der Waals surface area contributed by atoms with Crippen LogP contribution < -0.4 is 0 Å². The molecule has 0 atom stereocenters. The van der Waals surface area contributed by atoms with Crippen LogP contribution in [0.2, 0.25) is 0 Å². The molecule has 0 bridgehead atoms. The summed E-state index contributed by atoms with van der Waals surface area (Å²) in [6.45, 7) is 0. The normalized spacial score (nSPS) is 20.4. The van der Waals surface area contributed by atoms with Crippen LogP contribution >= 0.6 is 0 Å². The maximum atomic E-state index is 9.81. The minimum absolute atomic E-state index is 0.479. The molecule has 0 N–H and O–H groups in total. The summed E-state index contributed by atoms with van der Waals surface area (Å²) in [5.74, 6) is 0.858. The molecule has 0 aromatic carbocycles. The van der Waals surface area contributed by atoms with Gasteiger partial charge in [-0.3, -0.25) is 10.1 Å². The molecule has 10 heavy (non-hydrogen) atoms. The third kappa shape index (κ3) is 2.17. The van der Waals surface area contributed by atoms with Gasteiger partial charge in [0.05, 0.1) is 4.92 Å². The molecule has 0 aromatic rings. The van der Waals surface area contributed by atoms with Crippen LogP contribution in [0.15, 0.2) is 12.3 Å². The molecule has 0 unspecified atom stereocenters. The van der Waals surface area contributed by atoms with Gasteiger partial charge in [0.2, 0.25) is 6.20 Å². The van der Waals surface area contributed by atoms with Gasteiger partial charge in [-0.2, -0.15) is 0 Å². The van der Waals surface area contributed by atoms with Gasteiger partial charge in [-0.25, -0.2) is 0 Å². The van der Waals surface area contributed by atoms with Crippen LogP contribution in [0.3, 0.4) is 0 Å². The summed E-state index contributed by atoms with van der Waals surface area (Å²) in [4.78, 5) is 9.33. The number of hydrogen-bond donors (Lipinski definition) is 0. The Morgan fingerprint density at radius 1 is 1.40 bits per heavy atom. The van der Waals surface area contributed by atoms with Crippen molar-refractivity contribution in [3.8, 4) is 0 Å². The van der Waals surface area contributed by atoms with Gasteiger partial charge in [0.15, 0.2) is 0 Å². The van der Waals surface area contributed by atoms with Crippen molar-refractivity contribution in [1.29, 1.82) is 0 Å². The van der Waals surface area contributed by atoms with Crippen molar-refractivity contribution in [2.45, 2.75) is 0 Å². The highest BCUT2D eigenvalue weighted by molar-refractivity contribution is 5.41. The Kier molecular flexibility index (Phi) is 2.42. The first-order chi connectivity index (χ1) is 4.79. The summed E-state index contributed by atoms with van der Waals surface area (Å²) in [6.07, 6.45) is 9.66. The molecule has 1 rings (SSSR count). The van der Waals surface area contributed by atoms with Crippen LogP contribution in [0.4, 0.5) is 0 Å². The fourth-order valence-corrected chi connectivity index (χ4v) is 0.647. The van der Waals surface area contributed by atoms with E-state index in [9.17, 15) is 10.1 Å². The highest BCUT2D eigenvalue weighted by Gasteiger charge is 2.14. The van der Waals surface area contributed by atoms with Crippen molar-refractivity contribution in [2.75, 3.05) is 0 Å². The summed E-state index contributed by atoms with van der Waals surface area (Å²) < 4.78 is 0. The molecule has 1 fully saturated rings. The molecule has 51 valence electrons. The van der Waals surface area contributed by atoms with E-state index in [-0.39, 0.29) is 0 Å². The van der Waals surface area contributed by atoms with Crippen molar-refractivity contribution in [3.05, 3.63) is 54.0 Å². The number of nitro groups is 1. The van der Waals surface area contributed by atoms with Crippen LogP contribution in [-0.2, 0) is 0 Å². The van der Waals surface area contributed by atoms with Gasteiger partial charge >= 0.3 is 0 Å². The Balaban J connectivity index is 2.29. The Morgan fingerprint density at radius 2 is 2.00 bits per heavy atom. The molecule has 3 heteroatoms. The molecule has 0 saturated heterocycles. The highest BCUT2D eigenvalue weighted by Crippen LogP contribution is 2.23. The topological polar surface area (TPSA) is 43.1 Å². The number of allylic oxidation sites excluding steroid dienone is 1. The Bertz CT molecular complexity index is 148. The molecular weight excluding hydrogens is 130 g/mol. The van der Waals surface area contributed by atoms with E-state index in [2.05, 4.69) is 0 Å². The summed E-state index contributed by atoms with van der Waals surface area (Å²) in [5, 5.41) is 9.81. The molecule has 5 radical (unpaired) electrons. The van der Waals surface area contributed by atoms with E-state index in [1.807, 2.05) is 12.8 Å². The van der Waals surface area contributed by atoms with Crippen LogP contribution in [0.1, 0.15) is 0 Å². The van der Waals surface area contributed by atoms with Gasteiger partial charge in [-0.1, -0.05) is 0 Å². The summed E-state index contributed by atoms with van der Waals surface area (Å²) in [6, 6.07) is 0. The number of rotatable bonds is 2. The molecule has 1 saturated carbocycles. The Labute approximate surface area is 59.9 Å². The molecule has 0 amide bonds. The van der Waals surface area contributed by atoms with Crippen LogP contribution in [0, 0.1) is 41.7 Å². The summed E-state index contributed by atoms with van der Waals surface area (Å²) in [7, 11) is 0. The van der Waals surface area contributed by atoms with Gasteiger partial charge in [0.1, 0.15) is 0 Å². The quantitative estimate of drug-likeness (QED) is 0.422. The van der Waals surface area contributed by atoms with Crippen molar-refractivity contribution in [1.82, 2.24) is 0 Å². The second kappa shape index (κ2) is 3.34. The van der Waals surface area contributed by atoms with Crippen molar-refractivity contribution < 1.29 is 4.92 Å². The first kappa shape index (κ1) is 7.25. The maximum Gasteiger partial charge on any atom is 0.231 e. The zero-order chi connectivity index (χ0) is 7.40. The van der Waals surface area contributed by atoms with E-state index in [0.29, 0.717) is 0 Å². The van der Waals surface area contributed by atoms with E-state index in [0.717, 1.165) is 12.1 Å². The van der Waals surface area contributed by atoms with E-state index in [1.165, 1.54) is 6.08 Å². The van der Waals surface area contributed by atoms with Gasteiger partial charge in [-0.15, -0.1) is 0 Å². The molecule has 0 spiro atoms. The minimum atomic E-state index is -0.479. The number of hydrogen-bond acceptors (Lipinski definition) is 2. The minimum Gasteiger partial charge on any atom is -0.259 e. The molecule has 0 aliphatic heterocycles. The third-order valence-corrected chi connectivity index (χ3v) is 1.08. The fourth-order valence-electron chi connectivity index (χ4n) is 0.647. The molecule has 1 aliphatic rings. The Hall–Kier alpha value is -0.860. The van der Waals surface area contributed by atoms with Crippen molar-refractivity contribution in [3.63, 3.8) is 0 Å². The fraction of sp³-hybridized carbons (Fsp3) is 0. The van der Waals surface area contributed by atoms with Crippen LogP contribution in [0.5, 0.6) is 0 Å². The standard InChI is InChI=1S/C7H6NO2/c9-8(10)6-5-7-3-1-2-4-7/h1-6H/b6-5+. The van der Waals surface area contributed by atoms with E-state index >= 15 is 0 Å². The van der Waals surface area contributed by atoms with E-state index < -0.39 is 4.92 Å². The summed E-state index contributed by atoms with van der Waals surface area (Å²) >= 11 is 0. The van der Waals surface area contributed by atoms with Crippen molar-refractivity contribution >= 4 is 0 Å². The molecule has 3 nitrogen and oxygen atoms in total. The van der Waals surface area contributed by atoms with Crippen LogP contribution in [0.25, 0.3) is 0 Å². The lowest BCUT2D eigenvalue weighted by molar-refractivity contribution is -0.402. The predicted octanol–water partition coefficient (Wildman–Crippen LogP) is 1.18. The SMILES string of the molecule is O=[N+]([O-])/C=C/[C]1[CH][CH][CH][CH]1. The van der Waals surface area contributed by atoms with Gasteiger partial charge in [0.25, 0.3) is 0 Å². The van der Waals surface area contributed by atoms with Gasteiger partial charge in [0, 0.05) is 5.92 Å². The van der Waals surface area contributed by atoms with Gasteiger partial charge < -0.3 is 0 Å². The average Bonchev–Trinajstić information content (AvgIpc) is 2.34. The zero-order valence-electron chi connectivity index (χ0n) is 5.23. The molecule has 0 heterocycles. The summed E-state index contributed by atoms with van der Waals surface area (Å²) in [5.41, 5.74) is 0. The predicted molar refractivity (Wildman–Crippen MR) is 36.6 cm³/mol. The first-order valence-electron chi connectivity index (χ1n) is 2.82. The van der Waals surface area contributed by atoms with E-state index in [1.54, 1.807) is 12.8 Å². The second-order valence-electron chi connectivity index (χ2n) is 1.82. The maximum absolute atomic E-state index is 9.81. The second-order valence-corrected chi connectivity index (χ2v) is 1.82.